The molecule has 0 N–H and O–H groups in total. The van der Waals surface area contributed by atoms with Crippen molar-refractivity contribution in [1.82, 2.24) is 0 Å². The summed E-state index contributed by atoms with van der Waals surface area (Å²) in [7, 11) is 0. The highest BCUT2D eigenvalue weighted by Gasteiger charge is 2.24. The van der Waals surface area contributed by atoms with Crippen LogP contribution >= 0.6 is 15.9 Å². The summed E-state index contributed by atoms with van der Waals surface area (Å²) in [6, 6.07) is 19.9. The lowest BCUT2D eigenvalue weighted by Crippen LogP contribution is -2.32. The molecule has 5 heteroatoms. The second-order valence-corrected chi connectivity index (χ2v) is 8.47. The fraction of sp³-hybridized carbons (Fsp3) is 0.160. The van der Waals surface area contributed by atoms with E-state index >= 15 is 0 Å². The first-order valence-electron chi connectivity index (χ1n) is 9.81. The molecule has 0 aliphatic carbocycles. The van der Waals surface area contributed by atoms with Gasteiger partial charge in [-0.3, -0.25) is 0 Å². The number of fused-ring (bicyclic) bond motifs is 2. The molecule has 0 spiro atoms. The summed E-state index contributed by atoms with van der Waals surface area (Å²) in [5.74, 6) is 0.806. The first-order valence-corrected chi connectivity index (χ1v) is 10.6. The van der Waals surface area contributed by atoms with Crippen molar-refractivity contribution in [3.05, 3.63) is 92.2 Å². The zero-order valence-electron chi connectivity index (χ0n) is 16.7. The highest BCUT2D eigenvalue weighted by Crippen LogP contribution is 2.39. The lowest BCUT2D eigenvalue weighted by molar-refractivity contribution is 0.287. The number of rotatable bonds is 2. The van der Waals surface area contributed by atoms with Crippen LogP contribution in [0.1, 0.15) is 16.7 Å². The minimum absolute atomic E-state index is 0.354. The number of hydrogen-bond acceptors (Lipinski definition) is 4. The third kappa shape index (κ3) is 3.19. The zero-order valence-corrected chi connectivity index (χ0v) is 18.3. The number of anilines is 1. The van der Waals surface area contributed by atoms with Crippen molar-refractivity contribution in [2.75, 3.05) is 11.6 Å². The Hall–Kier alpha value is -3.05. The minimum Gasteiger partial charge on any atom is -0.472 e. The van der Waals surface area contributed by atoms with Gasteiger partial charge < -0.3 is 14.1 Å². The van der Waals surface area contributed by atoms with Crippen molar-refractivity contribution >= 4 is 32.6 Å². The first-order chi connectivity index (χ1) is 14.5. The standard InChI is InChI=1S/C25H20BrNO3/c1-15-10-19(8-9-22(15)26)27-13-18-11-21-20(17-6-4-3-5-7-17)12-23(28)30-25(21)16(2)24(18)29-14-27/h3-12H,13-14H2,1-2H3. The van der Waals surface area contributed by atoms with Crippen LogP contribution in [0.3, 0.4) is 0 Å². The molecule has 5 rings (SSSR count). The molecule has 0 unspecified atom stereocenters. The smallest absolute Gasteiger partial charge is 0.336 e. The highest BCUT2D eigenvalue weighted by molar-refractivity contribution is 9.10. The molecule has 150 valence electrons. The van der Waals surface area contributed by atoms with E-state index in [2.05, 4.69) is 52.0 Å². The van der Waals surface area contributed by atoms with Gasteiger partial charge in [0, 0.05) is 39.3 Å². The number of halogens is 1. The molecule has 0 bridgehead atoms. The van der Waals surface area contributed by atoms with Crippen LogP contribution < -0.4 is 15.3 Å². The van der Waals surface area contributed by atoms with E-state index in [1.807, 2.05) is 37.3 Å². The van der Waals surface area contributed by atoms with E-state index in [0.717, 1.165) is 50.1 Å². The average molecular weight is 462 g/mol. The Kier molecular flexibility index (Phi) is 4.63. The molecule has 0 radical (unpaired) electrons. The Labute approximate surface area is 182 Å². The van der Waals surface area contributed by atoms with Gasteiger partial charge in [0.2, 0.25) is 0 Å². The molecule has 2 heterocycles. The van der Waals surface area contributed by atoms with E-state index in [4.69, 9.17) is 9.15 Å². The van der Waals surface area contributed by atoms with E-state index in [0.29, 0.717) is 12.3 Å². The largest absolute Gasteiger partial charge is 0.472 e. The molecule has 0 saturated heterocycles. The Morgan fingerprint density at radius 1 is 1.00 bits per heavy atom. The van der Waals surface area contributed by atoms with Crippen molar-refractivity contribution in [3.8, 4) is 16.9 Å². The van der Waals surface area contributed by atoms with Gasteiger partial charge in [0.05, 0.1) is 0 Å². The molecular weight excluding hydrogens is 442 g/mol. The molecule has 1 aliphatic heterocycles. The molecule has 3 aromatic carbocycles. The normalized spacial score (nSPS) is 13.2. The van der Waals surface area contributed by atoms with Crippen LogP contribution in [-0.2, 0) is 6.54 Å². The quantitative estimate of drug-likeness (QED) is 0.333. The maximum Gasteiger partial charge on any atom is 0.336 e. The van der Waals surface area contributed by atoms with Crippen LogP contribution in [0.2, 0.25) is 0 Å². The molecule has 1 aromatic heterocycles. The van der Waals surface area contributed by atoms with Crippen molar-refractivity contribution in [3.63, 3.8) is 0 Å². The van der Waals surface area contributed by atoms with Crippen molar-refractivity contribution < 1.29 is 9.15 Å². The molecule has 0 fully saturated rings. The van der Waals surface area contributed by atoms with Crippen molar-refractivity contribution in [2.24, 2.45) is 0 Å². The number of aryl methyl sites for hydroxylation is 2. The fourth-order valence-corrected chi connectivity index (χ4v) is 4.32. The second-order valence-electron chi connectivity index (χ2n) is 7.62. The van der Waals surface area contributed by atoms with Gasteiger partial charge in [-0.25, -0.2) is 4.79 Å². The van der Waals surface area contributed by atoms with Crippen LogP contribution in [-0.4, -0.2) is 6.73 Å². The fourth-order valence-electron chi connectivity index (χ4n) is 4.07. The summed E-state index contributed by atoms with van der Waals surface area (Å²) in [5.41, 5.74) is 6.35. The number of ether oxygens (including phenoxy) is 1. The molecule has 0 atom stereocenters. The predicted molar refractivity (Wildman–Crippen MR) is 123 cm³/mol. The van der Waals surface area contributed by atoms with Crippen LogP contribution in [0.15, 0.2) is 74.3 Å². The highest BCUT2D eigenvalue weighted by atomic mass is 79.9. The predicted octanol–water partition coefficient (Wildman–Crippen LogP) is 6.20. The maximum atomic E-state index is 12.3. The van der Waals surface area contributed by atoms with E-state index in [1.54, 1.807) is 6.07 Å². The molecule has 1 aliphatic rings. The molecule has 4 aromatic rings. The van der Waals surface area contributed by atoms with Crippen LogP contribution in [0, 0.1) is 13.8 Å². The van der Waals surface area contributed by atoms with Crippen LogP contribution in [0.4, 0.5) is 5.69 Å². The lowest BCUT2D eigenvalue weighted by atomic mass is 9.97. The van der Waals surface area contributed by atoms with Crippen molar-refractivity contribution in [1.29, 1.82) is 0 Å². The first kappa shape index (κ1) is 18.9. The molecular formula is C25H20BrNO3. The van der Waals surface area contributed by atoms with Crippen LogP contribution in [0.5, 0.6) is 5.75 Å². The average Bonchev–Trinajstić information content (AvgIpc) is 2.76. The zero-order chi connectivity index (χ0) is 20.8. The van der Waals surface area contributed by atoms with Gasteiger partial charge in [0.25, 0.3) is 0 Å². The number of benzene rings is 3. The topological polar surface area (TPSA) is 42.7 Å². The van der Waals surface area contributed by atoms with Crippen molar-refractivity contribution in [2.45, 2.75) is 20.4 Å². The minimum atomic E-state index is -0.354. The molecule has 0 amide bonds. The van der Waals surface area contributed by atoms with Gasteiger partial charge in [-0.15, -0.1) is 0 Å². The summed E-state index contributed by atoms with van der Waals surface area (Å²) >= 11 is 3.57. The Morgan fingerprint density at radius 2 is 1.80 bits per heavy atom. The Morgan fingerprint density at radius 3 is 2.57 bits per heavy atom. The van der Waals surface area contributed by atoms with Crippen LogP contribution in [0.25, 0.3) is 22.1 Å². The van der Waals surface area contributed by atoms with E-state index in [-0.39, 0.29) is 5.63 Å². The van der Waals surface area contributed by atoms with Gasteiger partial charge >= 0.3 is 5.63 Å². The summed E-state index contributed by atoms with van der Waals surface area (Å²) < 4.78 is 12.8. The molecule has 30 heavy (non-hydrogen) atoms. The van der Waals surface area contributed by atoms with Gasteiger partial charge in [0.1, 0.15) is 11.3 Å². The second kappa shape index (κ2) is 7.33. The van der Waals surface area contributed by atoms with E-state index in [1.165, 1.54) is 5.56 Å². The summed E-state index contributed by atoms with van der Waals surface area (Å²) in [5, 5.41) is 0.925. The third-order valence-electron chi connectivity index (χ3n) is 5.61. The molecule has 4 nitrogen and oxygen atoms in total. The van der Waals surface area contributed by atoms with Gasteiger partial charge in [0.15, 0.2) is 6.73 Å². The van der Waals surface area contributed by atoms with E-state index < -0.39 is 0 Å². The van der Waals surface area contributed by atoms with Gasteiger partial charge in [-0.2, -0.15) is 0 Å². The van der Waals surface area contributed by atoms with E-state index in [9.17, 15) is 4.79 Å². The Balaban J connectivity index is 1.66. The number of nitrogens with zero attached hydrogens (tertiary/aromatic N) is 1. The Bertz CT molecular complexity index is 1330. The van der Waals surface area contributed by atoms with Gasteiger partial charge in [-0.05, 0) is 54.8 Å². The summed E-state index contributed by atoms with van der Waals surface area (Å²) in [4.78, 5) is 14.5. The maximum absolute atomic E-state index is 12.3. The summed E-state index contributed by atoms with van der Waals surface area (Å²) in [6.45, 7) is 5.21. The van der Waals surface area contributed by atoms with Gasteiger partial charge in [-0.1, -0.05) is 46.3 Å². The SMILES string of the molecule is Cc1cc(N2COc3c(cc4c(-c5ccccc5)cc(=O)oc4c3C)C2)ccc1Br. The third-order valence-corrected chi connectivity index (χ3v) is 6.50. The monoisotopic (exact) mass is 461 g/mol. The lowest BCUT2D eigenvalue weighted by Gasteiger charge is -2.32. The number of hydrogen-bond donors (Lipinski definition) is 0. The molecule has 0 saturated carbocycles. The summed E-state index contributed by atoms with van der Waals surface area (Å²) in [6.07, 6.45) is 0.